The fraction of sp³-hybridized carbons (Fsp3) is 0.500. The first-order valence-corrected chi connectivity index (χ1v) is 7.94. The molecule has 1 aromatic heterocycles. The van der Waals surface area contributed by atoms with Crippen molar-refractivity contribution >= 4 is 11.0 Å². The Bertz CT molecular complexity index is 781. The van der Waals surface area contributed by atoms with Gasteiger partial charge in [-0.2, -0.15) is 0 Å². The minimum atomic E-state index is -0.285. The molecular formula is C18H23NO4. The van der Waals surface area contributed by atoms with E-state index in [9.17, 15) is 4.79 Å². The van der Waals surface area contributed by atoms with Gasteiger partial charge in [-0.15, -0.1) is 0 Å². The molecule has 0 bridgehead atoms. The highest BCUT2D eigenvalue weighted by atomic mass is 16.5. The Hall–Kier alpha value is -1.85. The van der Waals surface area contributed by atoms with Crippen LogP contribution in [0.1, 0.15) is 16.7 Å². The summed E-state index contributed by atoms with van der Waals surface area (Å²) in [4.78, 5) is 14.2. The third-order valence-corrected chi connectivity index (χ3v) is 4.59. The fourth-order valence-electron chi connectivity index (χ4n) is 2.93. The highest BCUT2D eigenvalue weighted by Crippen LogP contribution is 2.29. The quantitative estimate of drug-likeness (QED) is 0.814. The number of fused-ring (bicyclic) bond motifs is 1. The van der Waals surface area contributed by atoms with Crippen molar-refractivity contribution in [3.8, 4) is 5.75 Å². The molecular weight excluding hydrogens is 294 g/mol. The van der Waals surface area contributed by atoms with Crippen LogP contribution in [0.3, 0.4) is 0 Å². The molecule has 1 fully saturated rings. The first kappa shape index (κ1) is 16.0. The Morgan fingerprint density at radius 3 is 2.74 bits per heavy atom. The van der Waals surface area contributed by atoms with Crippen molar-refractivity contribution in [2.45, 2.75) is 26.9 Å². The van der Waals surface area contributed by atoms with Gasteiger partial charge in [0.15, 0.2) is 0 Å². The van der Waals surface area contributed by atoms with Gasteiger partial charge in [0.2, 0.25) is 0 Å². The predicted octanol–water partition coefficient (Wildman–Crippen LogP) is 2.43. The van der Waals surface area contributed by atoms with Crippen LogP contribution in [0.4, 0.5) is 0 Å². The molecule has 1 atom stereocenters. The number of nitrogens with zero attached hydrogens (tertiary/aromatic N) is 1. The van der Waals surface area contributed by atoms with Crippen molar-refractivity contribution in [3.05, 3.63) is 39.2 Å². The molecule has 2 aromatic rings. The number of hydrogen-bond acceptors (Lipinski definition) is 5. The summed E-state index contributed by atoms with van der Waals surface area (Å²) in [6.07, 6.45) is 0.0654. The Morgan fingerprint density at radius 2 is 2.00 bits per heavy atom. The second-order valence-electron chi connectivity index (χ2n) is 6.27. The van der Waals surface area contributed by atoms with E-state index in [4.69, 9.17) is 13.9 Å². The van der Waals surface area contributed by atoms with Crippen molar-refractivity contribution in [2.75, 3.05) is 33.4 Å². The van der Waals surface area contributed by atoms with E-state index in [2.05, 4.69) is 11.9 Å². The van der Waals surface area contributed by atoms with Crippen molar-refractivity contribution in [3.63, 3.8) is 0 Å². The summed E-state index contributed by atoms with van der Waals surface area (Å²) in [7, 11) is 2.08. The zero-order valence-corrected chi connectivity index (χ0v) is 14.1. The number of morpholine rings is 1. The third kappa shape index (κ3) is 3.12. The summed E-state index contributed by atoms with van der Waals surface area (Å²) in [5.74, 6) is 0.737. The van der Waals surface area contributed by atoms with Crippen LogP contribution in [0, 0.1) is 20.8 Å². The van der Waals surface area contributed by atoms with E-state index in [1.165, 1.54) is 0 Å². The summed E-state index contributed by atoms with van der Waals surface area (Å²) < 4.78 is 17.1. The summed E-state index contributed by atoms with van der Waals surface area (Å²) in [6, 6.07) is 3.90. The zero-order valence-electron chi connectivity index (χ0n) is 14.1. The topological polar surface area (TPSA) is 51.9 Å². The molecule has 1 aliphatic rings. The van der Waals surface area contributed by atoms with E-state index >= 15 is 0 Å². The molecule has 1 saturated heterocycles. The SMILES string of the molecule is Cc1c(C)c2ccc(OCC3CN(C)CCO3)c(C)c2oc1=O. The van der Waals surface area contributed by atoms with Crippen LogP contribution in [0.2, 0.25) is 0 Å². The molecule has 0 saturated carbocycles. The van der Waals surface area contributed by atoms with Crippen LogP contribution in [-0.2, 0) is 4.74 Å². The van der Waals surface area contributed by atoms with Gasteiger partial charge in [-0.3, -0.25) is 0 Å². The van der Waals surface area contributed by atoms with E-state index in [1.807, 2.05) is 26.0 Å². The zero-order chi connectivity index (χ0) is 16.6. The highest BCUT2D eigenvalue weighted by molar-refractivity contribution is 5.85. The van der Waals surface area contributed by atoms with E-state index in [0.717, 1.165) is 42.0 Å². The average Bonchev–Trinajstić information content (AvgIpc) is 2.53. The van der Waals surface area contributed by atoms with E-state index in [1.54, 1.807) is 6.92 Å². The lowest BCUT2D eigenvalue weighted by atomic mass is 10.0. The van der Waals surface area contributed by atoms with Crippen molar-refractivity contribution in [2.24, 2.45) is 0 Å². The molecule has 2 heterocycles. The molecule has 0 spiro atoms. The number of aryl methyl sites for hydroxylation is 2. The van der Waals surface area contributed by atoms with Crippen molar-refractivity contribution in [1.29, 1.82) is 0 Å². The van der Waals surface area contributed by atoms with E-state index < -0.39 is 0 Å². The summed E-state index contributed by atoms with van der Waals surface area (Å²) in [5.41, 5.74) is 2.80. The van der Waals surface area contributed by atoms with Crippen LogP contribution in [0.15, 0.2) is 21.3 Å². The van der Waals surface area contributed by atoms with Crippen LogP contribution in [0.25, 0.3) is 11.0 Å². The Kier molecular flexibility index (Phi) is 4.41. The maximum Gasteiger partial charge on any atom is 0.339 e. The van der Waals surface area contributed by atoms with Crippen LogP contribution >= 0.6 is 0 Å². The molecule has 23 heavy (non-hydrogen) atoms. The average molecular weight is 317 g/mol. The second kappa shape index (κ2) is 6.34. The number of benzene rings is 1. The Labute approximate surface area is 135 Å². The first-order chi connectivity index (χ1) is 11.0. The fourth-order valence-corrected chi connectivity index (χ4v) is 2.93. The number of likely N-dealkylation sites (N-methyl/N-ethyl adjacent to an activating group) is 1. The van der Waals surface area contributed by atoms with Crippen LogP contribution in [0.5, 0.6) is 5.75 Å². The molecule has 0 N–H and O–H groups in total. The lowest BCUT2D eigenvalue weighted by Gasteiger charge is -2.30. The molecule has 0 radical (unpaired) electrons. The standard InChI is InChI=1S/C18H23NO4/c1-11-12(2)18(20)23-17-13(3)16(6-5-15(11)17)22-10-14-9-19(4)7-8-21-14/h5-6,14H,7-10H2,1-4H3. The Morgan fingerprint density at radius 1 is 1.22 bits per heavy atom. The van der Waals surface area contributed by atoms with Gasteiger partial charge in [-0.05, 0) is 45.5 Å². The third-order valence-electron chi connectivity index (χ3n) is 4.59. The Balaban J connectivity index is 1.86. The lowest BCUT2D eigenvalue weighted by molar-refractivity contribution is -0.0404. The monoisotopic (exact) mass is 317 g/mol. The maximum absolute atomic E-state index is 11.9. The van der Waals surface area contributed by atoms with Gasteiger partial charge in [-0.25, -0.2) is 4.79 Å². The van der Waals surface area contributed by atoms with Crippen LogP contribution < -0.4 is 10.4 Å². The van der Waals surface area contributed by atoms with Gasteiger partial charge in [0, 0.05) is 29.6 Å². The van der Waals surface area contributed by atoms with Crippen molar-refractivity contribution in [1.82, 2.24) is 4.90 Å². The smallest absolute Gasteiger partial charge is 0.339 e. The molecule has 0 aliphatic carbocycles. The maximum atomic E-state index is 11.9. The molecule has 5 nitrogen and oxygen atoms in total. The highest BCUT2D eigenvalue weighted by Gasteiger charge is 2.19. The van der Waals surface area contributed by atoms with Gasteiger partial charge < -0.3 is 18.8 Å². The van der Waals surface area contributed by atoms with E-state index in [0.29, 0.717) is 17.8 Å². The normalized spacial score (nSPS) is 19.2. The minimum absolute atomic E-state index is 0.0654. The first-order valence-electron chi connectivity index (χ1n) is 7.94. The summed E-state index contributed by atoms with van der Waals surface area (Å²) in [6.45, 7) is 8.69. The van der Waals surface area contributed by atoms with Gasteiger partial charge in [0.25, 0.3) is 0 Å². The lowest BCUT2D eigenvalue weighted by Crippen LogP contribution is -2.42. The van der Waals surface area contributed by atoms with E-state index in [-0.39, 0.29) is 11.7 Å². The summed E-state index contributed by atoms with van der Waals surface area (Å²) >= 11 is 0. The molecule has 5 heteroatoms. The van der Waals surface area contributed by atoms with Crippen molar-refractivity contribution < 1.29 is 13.9 Å². The number of rotatable bonds is 3. The van der Waals surface area contributed by atoms with Gasteiger partial charge in [-0.1, -0.05) is 0 Å². The van der Waals surface area contributed by atoms with Gasteiger partial charge in [0.1, 0.15) is 24.0 Å². The number of ether oxygens (including phenoxy) is 2. The number of hydrogen-bond donors (Lipinski definition) is 0. The second-order valence-corrected chi connectivity index (χ2v) is 6.27. The molecule has 0 amide bonds. The summed E-state index contributed by atoms with van der Waals surface area (Å²) in [5, 5.41) is 0.959. The molecule has 1 aliphatic heterocycles. The van der Waals surface area contributed by atoms with Gasteiger partial charge in [0.05, 0.1) is 6.61 Å². The molecule has 1 aromatic carbocycles. The minimum Gasteiger partial charge on any atom is -0.490 e. The molecule has 3 rings (SSSR count). The molecule has 1 unspecified atom stereocenters. The van der Waals surface area contributed by atoms with Gasteiger partial charge >= 0.3 is 5.63 Å². The largest absolute Gasteiger partial charge is 0.490 e. The predicted molar refractivity (Wildman–Crippen MR) is 89.4 cm³/mol. The van der Waals surface area contributed by atoms with Crippen LogP contribution in [-0.4, -0.2) is 44.4 Å². The molecule has 124 valence electrons.